The Labute approximate surface area is 102 Å². The van der Waals surface area contributed by atoms with Crippen molar-refractivity contribution in [1.29, 1.82) is 0 Å². The molecule has 0 aromatic heterocycles. The molecule has 0 bridgehead atoms. The SMILES string of the molecule is Cc1c(NC2CCC(C)C2)cccc1C(N)=O. The van der Waals surface area contributed by atoms with Gasteiger partial charge in [-0.2, -0.15) is 0 Å². The van der Waals surface area contributed by atoms with Gasteiger partial charge >= 0.3 is 0 Å². The maximum atomic E-state index is 11.3. The number of primary amides is 1. The Bertz CT molecular complexity index is 428. The number of anilines is 1. The molecule has 2 unspecified atom stereocenters. The number of hydrogen-bond acceptors (Lipinski definition) is 2. The lowest BCUT2D eigenvalue weighted by atomic mass is 10.1. The van der Waals surface area contributed by atoms with Gasteiger partial charge in [0.1, 0.15) is 0 Å². The van der Waals surface area contributed by atoms with Crippen molar-refractivity contribution in [2.75, 3.05) is 5.32 Å². The first kappa shape index (κ1) is 12.0. The van der Waals surface area contributed by atoms with Gasteiger partial charge in [-0.15, -0.1) is 0 Å². The molecule has 1 aromatic rings. The third-order valence-corrected chi connectivity index (χ3v) is 3.65. The van der Waals surface area contributed by atoms with Crippen LogP contribution in [0.4, 0.5) is 5.69 Å². The molecule has 0 radical (unpaired) electrons. The third-order valence-electron chi connectivity index (χ3n) is 3.65. The number of benzene rings is 1. The summed E-state index contributed by atoms with van der Waals surface area (Å²) in [5, 5.41) is 3.53. The van der Waals surface area contributed by atoms with E-state index in [0.717, 1.165) is 17.2 Å². The van der Waals surface area contributed by atoms with Gasteiger partial charge in [-0.3, -0.25) is 4.79 Å². The number of rotatable bonds is 3. The van der Waals surface area contributed by atoms with Crippen LogP contribution in [0.3, 0.4) is 0 Å². The molecule has 3 heteroatoms. The number of hydrogen-bond donors (Lipinski definition) is 2. The molecule has 2 atom stereocenters. The highest BCUT2D eigenvalue weighted by Crippen LogP contribution is 2.29. The van der Waals surface area contributed by atoms with Crippen LogP contribution in [0.5, 0.6) is 0 Å². The molecule has 0 aliphatic heterocycles. The summed E-state index contributed by atoms with van der Waals surface area (Å²) in [6, 6.07) is 6.21. The maximum absolute atomic E-state index is 11.3. The molecular formula is C14H20N2O. The van der Waals surface area contributed by atoms with Gasteiger partial charge < -0.3 is 11.1 Å². The molecule has 0 spiro atoms. The molecule has 1 aromatic carbocycles. The minimum Gasteiger partial charge on any atom is -0.382 e. The fourth-order valence-corrected chi connectivity index (χ4v) is 2.62. The standard InChI is InChI=1S/C14H20N2O/c1-9-6-7-11(8-9)16-13-5-3-4-12(10(13)2)14(15)17/h3-5,9,11,16H,6-8H2,1-2H3,(H2,15,17). The Balaban J connectivity index is 2.16. The van der Waals surface area contributed by atoms with E-state index in [1.54, 1.807) is 6.07 Å². The van der Waals surface area contributed by atoms with Crippen LogP contribution in [0, 0.1) is 12.8 Å². The zero-order chi connectivity index (χ0) is 12.4. The monoisotopic (exact) mass is 232 g/mol. The van der Waals surface area contributed by atoms with Crippen molar-refractivity contribution in [3.63, 3.8) is 0 Å². The van der Waals surface area contributed by atoms with Crippen molar-refractivity contribution in [2.24, 2.45) is 11.7 Å². The molecule has 0 heterocycles. The van der Waals surface area contributed by atoms with Gasteiger partial charge in [-0.1, -0.05) is 13.0 Å². The summed E-state index contributed by atoms with van der Waals surface area (Å²) < 4.78 is 0. The molecule has 0 saturated heterocycles. The van der Waals surface area contributed by atoms with E-state index in [9.17, 15) is 4.79 Å². The van der Waals surface area contributed by atoms with Crippen molar-refractivity contribution in [1.82, 2.24) is 0 Å². The Morgan fingerprint density at radius 3 is 2.76 bits per heavy atom. The summed E-state index contributed by atoms with van der Waals surface area (Å²) in [7, 11) is 0. The molecule has 17 heavy (non-hydrogen) atoms. The first-order valence-corrected chi connectivity index (χ1v) is 6.24. The molecule has 2 rings (SSSR count). The molecule has 1 aliphatic carbocycles. The van der Waals surface area contributed by atoms with Crippen molar-refractivity contribution < 1.29 is 4.79 Å². The highest BCUT2D eigenvalue weighted by molar-refractivity contribution is 5.95. The summed E-state index contributed by atoms with van der Waals surface area (Å²) in [4.78, 5) is 11.3. The fourth-order valence-electron chi connectivity index (χ4n) is 2.62. The van der Waals surface area contributed by atoms with Crippen LogP contribution in [0.2, 0.25) is 0 Å². The average Bonchev–Trinajstić information content (AvgIpc) is 2.67. The maximum Gasteiger partial charge on any atom is 0.249 e. The number of amides is 1. The molecule has 3 nitrogen and oxygen atoms in total. The number of carbonyl (C=O) groups is 1. The zero-order valence-electron chi connectivity index (χ0n) is 10.5. The second-order valence-electron chi connectivity index (χ2n) is 5.10. The van der Waals surface area contributed by atoms with E-state index >= 15 is 0 Å². The minimum atomic E-state index is -0.356. The Morgan fingerprint density at radius 1 is 1.41 bits per heavy atom. The van der Waals surface area contributed by atoms with E-state index < -0.39 is 0 Å². The Hall–Kier alpha value is -1.51. The predicted octanol–water partition coefficient (Wildman–Crippen LogP) is 2.69. The molecule has 1 amide bonds. The van der Waals surface area contributed by atoms with E-state index in [1.807, 2.05) is 19.1 Å². The fraction of sp³-hybridized carbons (Fsp3) is 0.500. The summed E-state index contributed by atoms with van der Waals surface area (Å²) >= 11 is 0. The van der Waals surface area contributed by atoms with Crippen LogP contribution in [0.25, 0.3) is 0 Å². The summed E-state index contributed by atoms with van der Waals surface area (Å²) in [5.74, 6) is 0.443. The highest BCUT2D eigenvalue weighted by Gasteiger charge is 2.21. The van der Waals surface area contributed by atoms with E-state index in [1.165, 1.54) is 19.3 Å². The van der Waals surface area contributed by atoms with Crippen LogP contribution in [-0.2, 0) is 0 Å². The van der Waals surface area contributed by atoms with Gasteiger partial charge in [0.25, 0.3) is 0 Å². The van der Waals surface area contributed by atoms with Crippen LogP contribution < -0.4 is 11.1 Å². The quantitative estimate of drug-likeness (QED) is 0.841. The lowest BCUT2D eigenvalue weighted by molar-refractivity contribution is 0.1000. The van der Waals surface area contributed by atoms with Gasteiger partial charge in [0, 0.05) is 17.3 Å². The van der Waals surface area contributed by atoms with E-state index in [4.69, 9.17) is 5.73 Å². The largest absolute Gasteiger partial charge is 0.382 e. The van der Waals surface area contributed by atoms with Crippen LogP contribution in [-0.4, -0.2) is 11.9 Å². The van der Waals surface area contributed by atoms with Crippen molar-refractivity contribution in [3.8, 4) is 0 Å². The lowest BCUT2D eigenvalue weighted by Gasteiger charge is -2.17. The summed E-state index contributed by atoms with van der Waals surface area (Å²) in [6.07, 6.45) is 3.70. The molecule has 1 fully saturated rings. The predicted molar refractivity (Wildman–Crippen MR) is 70.1 cm³/mol. The molecule has 1 aliphatic rings. The molecule has 1 saturated carbocycles. The molecule has 3 N–H and O–H groups in total. The normalized spacial score (nSPS) is 23.6. The van der Waals surface area contributed by atoms with Crippen molar-refractivity contribution in [3.05, 3.63) is 29.3 Å². The first-order valence-electron chi connectivity index (χ1n) is 6.24. The second-order valence-corrected chi connectivity index (χ2v) is 5.10. The van der Waals surface area contributed by atoms with Crippen LogP contribution in [0.1, 0.15) is 42.1 Å². The van der Waals surface area contributed by atoms with E-state index in [-0.39, 0.29) is 5.91 Å². The lowest BCUT2D eigenvalue weighted by Crippen LogP contribution is -2.18. The zero-order valence-corrected chi connectivity index (χ0v) is 10.5. The number of nitrogens with one attached hydrogen (secondary N) is 1. The van der Waals surface area contributed by atoms with Gasteiger partial charge in [-0.25, -0.2) is 0 Å². The Morgan fingerprint density at radius 2 is 2.18 bits per heavy atom. The van der Waals surface area contributed by atoms with Crippen LogP contribution >= 0.6 is 0 Å². The second kappa shape index (κ2) is 4.78. The highest BCUT2D eigenvalue weighted by atomic mass is 16.1. The van der Waals surface area contributed by atoms with Gasteiger partial charge in [0.2, 0.25) is 5.91 Å². The van der Waals surface area contributed by atoms with Crippen molar-refractivity contribution in [2.45, 2.75) is 39.2 Å². The minimum absolute atomic E-state index is 0.356. The van der Waals surface area contributed by atoms with Gasteiger partial charge in [0.15, 0.2) is 0 Å². The Kier molecular flexibility index (Phi) is 3.36. The molecular weight excluding hydrogens is 212 g/mol. The summed E-state index contributed by atoms with van der Waals surface area (Å²) in [5.41, 5.74) is 7.96. The average molecular weight is 232 g/mol. The van der Waals surface area contributed by atoms with Gasteiger partial charge in [0.05, 0.1) is 0 Å². The van der Waals surface area contributed by atoms with Crippen molar-refractivity contribution >= 4 is 11.6 Å². The molecule has 92 valence electrons. The number of nitrogens with two attached hydrogens (primary N) is 1. The summed E-state index contributed by atoms with van der Waals surface area (Å²) in [6.45, 7) is 4.23. The van der Waals surface area contributed by atoms with Gasteiger partial charge in [-0.05, 0) is 49.8 Å². The van der Waals surface area contributed by atoms with Crippen LogP contribution in [0.15, 0.2) is 18.2 Å². The van der Waals surface area contributed by atoms with E-state index in [2.05, 4.69) is 12.2 Å². The topological polar surface area (TPSA) is 55.1 Å². The number of carbonyl (C=O) groups excluding carboxylic acids is 1. The third kappa shape index (κ3) is 2.60. The van der Waals surface area contributed by atoms with E-state index in [0.29, 0.717) is 11.6 Å². The first-order chi connectivity index (χ1) is 8.08. The smallest absolute Gasteiger partial charge is 0.249 e.